The number of rotatable bonds is 8. The topological polar surface area (TPSA) is 61.8 Å². The van der Waals surface area contributed by atoms with E-state index in [-0.39, 0.29) is 11.7 Å². The molecule has 20 heavy (non-hydrogen) atoms. The van der Waals surface area contributed by atoms with Gasteiger partial charge in [0.1, 0.15) is 0 Å². The van der Waals surface area contributed by atoms with E-state index < -0.39 is 0 Å². The summed E-state index contributed by atoms with van der Waals surface area (Å²) in [6, 6.07) is 5.29. The summed E-state index contributed by atoms with van der Waals surface area (Å²) in [5.41, 5.74) is 1.01. The number of phenolic OH excluding ortho intramolecular Hbond substituents is 1. The van der Waals surface area contributed by atoms with Crippen LogP contribution in [0.5, 0.6) is 11.5 Å². The summed E-state index contributed by atoms with van der Waals surface area (Å²) in [5.74, 6) is 0.652. The summed E-state index contributed by atoms with van der Waals surface area (Å²) >= 11 is 0. The predicted molar refractivity (Wildman–Crippen MR) is 78.9 cm³/mol. The number of carbonyl (C=O) groups is 1. The lowest BCUT2D eigenvalue weighted by molar-refractivity contribution is -0.122. The normalized spacial score (nSPS) is 10.6. The van der Waals surface area contributed by atoms with E-state index >= 15 is 0 Å². The Labute approximate surface area is 120 Å². The zero-order valence-electron chi connectivity index (χ0n) is 12.5. The number of benzene rings is 1. The van der Waals surface area contributed by atoms with Crippen molar-refractivity contribution < 1.29 is 14.6 Å². The Balaban J connectivity index is 2.69. The first-order valence-corrected chi connectivity index (χ1v) is 7.04. The number of hydrogen-bond donors (Lipinski definition) is 2. The Morgan fingerprint density at radius 1 is 1.35 bits per heavy atom. The highest BCUT2D eigenvalue weighted by molar-refractivity contribution is 5.77. The van der Waals surface area contributed by atoms with Gasteiger partial charge in [-0.25, -0.2) is 0 Å². The van der Waals surface area contributed by atoms with Crippen LogP contribution in [0.4, 0.5) is 0 Å². The zero-order chi connectivity index (χ0) is 15.0. The molecule has 0 unspecified atom stereocenters. The molecule has 0 bridgehead atoms. The van der Waals surface area contributed by atoms with Crippen LogP contribution in [0.3, 0.4) is 0 Å². The van der Waals surface area contributed by atoms with Crippen LogP contribution in [0, 0.1) is 0 Å². The largest absolute Gasteiger partial charge is 0.504 e. The van der Waals surface area contributed by atoms with Gasteiger partial charge in [0.2, 0.25) is 5.91 Å². The SMILES string of the molecule is CCNC(=O)CN(CC)Cc1ccc(O)c(OCC)c1. The van der Waals surface area contributed by atoms with Crippen molar-refractivity contribution in [1.82, 2.24) is 10.2 Å². The Morgan fingerprint density at radius 3 is 2.70 bits per heavy atom. The molecule has 1 amide bonds. The Kier molecular flexibility index (Phi) is 6.87. The van der Waals surface area contributed by atoms with Gasteiger partial charge in [0.05, 0.1) is 13.2 Å². The first kappa shape index (κ1) is 16.3. The number of aromatic hydroxyl groups is 1. The van der Waals surface area contributed by atoms with Gasteiger partial charge in [-0.15, -0.1) is 0 Å². The molecule has 0 aliphatic heterocycles. The molecule has 0 radical (unpaired) electrons. The Hall–Kier alpha value is -1.75. The maximum Gasteiger partial charge on any atom is 0.234 e. The number of phenols is 1. The number of carbonyl (C=O) groups excluding carboxylic acids is 1. The van der Waals surface area contributed by atoms with E-state index in [1.54, 1.807) is 6.07 Å². The summed E-state index contributed by atoms with van der Waals surface area (Å²) in [4.78, 5) is 13.6. The van der Waals surface area contributed by atoms with Gasteiger partial charge in [-0.2, -0.15) is 0 Å². The fourth-order valence-corrected chi connectivity index (χ4v) is 1.92. The van der Waals surface area contributed by atoms with Crippen LogP contribution >= 0.6 is 0 Å². The molecule has 0 aliphatic carbocycles. The molecule has 0 aliphatic rings. The average molecular weight is 280 g/mol. The monoisotopic (exact) mass is 280 g/mol. The highest BCUT2D eigenvalue weighted by atomic mass is 16.5. The van der Waals surface area contributed by atoms with Crippen molar-refractivity contribution in [3.8, 4) is 11.5 Å². The van der Waals surface area contributed by atoms with E-state index in [0.29, 0.717) is 32.0 Å². The highest BCUT2D eigenvalue weighted by Crippen LogP contribution is 2.27. The second-order valence-electron chi connectivity index (χ2n) is 4.49. The van der Waals surface area contributed by atoms with E-state index in [4.69, 9.17) is 4.74 Å². The van der Waals surface area contributed by atoms with Crippen molar-refractivity contribution in [1.29, 1.82) is 0 Å². The number of likely N-dealkylation sites (N-methyl/N-ethyl adjacent to an activating group) is 2. The first-order valence-electron chi connectivity index (χ1n) is 7.04. The van der Waals surface area contributed by atoms with Crippen molar-refractivity contribution in [2.24, 2.45) is 0 Å². The molecule has 112 valence electrons. The second-order valence-corrected chi connectivity index (χ2v) is 4.49. The molecule has 0 saturated carbocycles. The van der Waals surface area contributed by atoms with Gasteiger partial charge < -0.3 is 15.2 Å². The minimum absolute atomic E-state index is 0.0261. The summed E-state index contributed by atoms with van der Waals surface area (Å²) < 4.78 is 5.36. The summed E-state index contributed by atoms with van der Waals surface area (Å²) in [7, 11) is 0. The van der Waals surface area contributed by atoms with E-state index in [1.165, 1.54) is 0 Å². The lowest BCUT2D eigenvalue weighted by Gasteiger charge is -2.20. The van der Waals surface area contributed by atoms with Crippen LogP contribution in [0.2, 0.25) is 0 Å². The minimum Gasteiger partial charge on any atom is -0.504 e. The second kappa shape index (κ2) is 8.43. The van der Waals surface area contributed by atoms with Crippen LogP contribution in [-0.2, 0) is 11.3 Å². The van der Waals surface area contributed by atoms with Crippen molar-refractivity contribution in [3.05, 3.63) is 23.8 Å². The molecule has 2 N–H and O–H groups in total. The maximum absolute atomic E-state index is 11.6. The molecule has 5 nitrogen and oxygen atoms in total. The molecule has 1 rings (SSSR count). The third-order valence-corrected chi connectivity index (χ3v) is 2.92. The van der Waals surface area contributed by atoms with Gasteiger partial charge in [0.15, 0.2) is 11.5 Å². The lowest BCUT2D eigenvalue weighted by atomic mass is 10.2. The van der Waals surface area contributed by atoms with Gasteiger partial charge in [0.25, 0.3) is 0 Å². The van der Waals surface area contributed by atoms with Gasteiger partial charge in [-0.3, -0.25) is 9.69 Å². The molecule has 0 heterocycles. The molecule has 0 atom stereocenters. The predicted octanol–water partition coefficient (Wildman–Crippen LogP) is 1.75. The van der Waals surface area contributed by atoms with Gasteiger partial charge in [-0.1, -0.05) is 13.0 Å². The summed E-state index contributed by atoms with van der Waals surface area (Å²) in [6.45, 7) is 8.74. The third kappa shape index (κ3) is 5.09. The Bertz CT molecular complexity index is 435. The molecule has 1 aromatic carbocycles. The number of nitrogens with zero attached hydrogens (tertiary/aromatic N) is 1. The van der Waals surface area contributed by atoms with Crippen LogP contribution in [0.25, 0.3) is 0 Å². The van der Waals surface area contributed by atoms with Crippen molar-refractivity contribution in [3.63, 3.8) is 0 Å². The van der Waals surface area contributed by atoms with E-state index in [2.05, 4.69) is 5.32 Å². The molecule has 1 aromatic rings. The van der Waals surface area contributed by atoms with E-state index in [9.17, 15) is 9.90 Å². The lowest BCUT2D eigenvalue weighted by Crippen LogP contribution is -2.36. The van der Waals surface area contributed by atoms with E-state index in [0.717, 1.165) is 12.1 Å². The number of amides is 1. The Morgan fingerprint density at radius 2 is 2.10 bits per heavy atom. The molecular formula is C15H24N2O3. The number of ether oxygens (including phenoxy) is 1. The first-order chi connectivity index (χ1) is 9.60. The fourth-order valence-electron chi connectivity index (χ4n) is 1.92. The van der Waals surface area contributed by atoms with Crippen molar-refractivity contribution in [2.75, 3.05) is 26.2 Å². The van der Waals surface area contributed by atoms with Crippen molar-refractivity contribution in [2.45, 2.75) is 27.3 Å². The maximum atomic E-state index is 11.6. The van der Waals surface area contributed by atoms with Crippen molar-refractivity contribution >= 4 is 5.91 Å². The third-order valence-electron chi connectivity index (χ3n) is 2.92. The summed E-state index contributed by atoms with van der Waals surface area (Å²) in [5, 5.41) is 12.5. The summed E-state index contributed by atoms with van der Waals surface area (Å²) in [6.07, 6.45) is 0. The molecule has 0 aromatic heterocycles. The average Bonchev–Trinajstić information content (AvgIpc) is 2.42. The molecule has 0 saturated heterocycles. The quantitative estimate of drug-likeness (QED) is 0.761. The molecule has 0 fully saturated rings. The highest BCUT2D eigenvalue weighted by Gasteiger charge is 2.10. The fraction of sp³-hybridized carbons (Fsp3) is 0.533. The molecular weight excluding hydrogens is 256 g/mol. The number of nitrogens with one attached hydrogen (secondary N) is 1. The molecule has 5 heteroatoms. The van der Waals surface area contributed by atoms with Crippen LogP contribution in [0.1, 0.15) is 26.3 Å². The zero-order valence-corrected chi connectivity index (χ0v) is 12.5. The minimum atomic E-state index is 0.0261. The van der Waals surface area contributed by atoms with Crippen LogP contribution in [0.15, 0.2) is 18.2 Å². The van der Waals surface area contributed by atoms with E-state index in [1.807, 2.05) is 37.8 Å². The number of hydrogen-bond acceptors (Lipinski definition) is 4. The van der Waals surface area contributed by atoms with Crippen LogP contribution in [-0.4, -0.2) is 42.2 Å². The smallest absolute Gasteiger partial charge is 0.234 e. The molecule has 0 spiro atoms. The standard InChI is InChI=1S/C15H24N2O3/c1-4-16-15(19)11-17(5-2)10-12-7-8-13(18)14(9-12)20-6-3/h7-9,18H,4-6,10-11H2,1-3H3,(H,16,19). The van der Waals surface area contributed by atoms with Gasteiger partial charge in [0, 0.05) is 13.1 Å². The van der Waals surface area contributed by atoms with Crippen LogP contribution < -0.4 is 10.1 Å². The van der Waals surface area contributed by atoms with Gasteiger partial charge in [-0.05, 0) is 38.1 Å². The van der Waals surface area contributed by atoms with Gasteiger partial charge >= 0.3 is 0 Å².